The monoisotopic (exact) mass is 621 g/mol. The number of hydrogen-bond donors (Lipinski definition) is 1. The van der Waals surface area contributed by atoms with E-state index in [1.807, 2.05) is 41.3 Å². The maximum Gasteiger partial charge on any atom is 0.253 e. The number of β-lactam (4-membered cyclic amide) rings is 1. The van der Waals surface area contributed by atoms with Gasteiger partial charge < -0.3 is 5.32 Å². The van der Waals surface area contributed by atoms with Crippen molar-refractivity contribution >= 4 is 81.9 Å². The van der Waals surface area contributed by atoms with Crippen molar-refractivity contribution in [3.05, 3.63) is 105 Å². The number of pyridine rings is 1. The lowest BCUT2D eigenvalue weighted by molar-refractivity contribution is -0.145. The molecule has 2 aliphatic rings. The molecule has 1 N–H and O–H groups in total. The number of halogens is 3. The molecule has 38 heavy (non-hydrogen) atoms. The minimum absolute atomic E-state index is 0.116. The van der Waals surface area contributed by atoms with Crippen molar-refractivity contribution in [2.24, 2.45) is 0 Å². The average molecular weight is 623 g/mol. The summed E-state index contributed by atoms with van der Waals surface area (Å²) in [5, 5.41) is 3.67. The largest absolute Gasteiger partial charge is 0.341 e. The van der Waals surface area contributed by atoms with Gasteiger partial charge in [-0.3, -0.25) is 14.5 Å². The third kappa shape index (κ3) is 6.01. The van der Waals surface area contributed by atoms with E-state index < -0.39 is 6.04 Å². The Bertz CT molecular complexity index is 1300. The summed E-state index contributed by atoms with van der Waals surface area (Å²) in [6, 6.07) is 23.1. The van der Waals surface area contributed by atoms with Crippen LogP contribution in [-0.2, 0) is 9.59 Å². The van der Waals surface area contributed by atoms with E-state index in [0.717, 1.165) is 26.6 Å². The smallest absolute Gasteiger partial charge is 0.253 e. The van der Waals surface area contributed by atoms with Crippen molar-refractivity contribution in [3.63, 3.8) is 0 Å². The van der Waals surface area contributed by atoms with Gasteiger partial charge in [0.05, 0.1) is 16.9 Å². The molecule has 2 aliphatic heterocycles. The van der Waals surface area contributed by atoms with E-state index in [1.54, 1.807) is 35.7 Å². The van der Waals surface area contributed by atoms with Crippen LogP contribution in [0.3, 0.4) is 0 Å². The number of carbonyl (C=O) groups is 2. The maximum absolute atomic E-state index is 13.6. The van der Waals surface area contributed by atoms with E-state index in [0.29, 0.717) is 11.0 Å². The Morgan fingerprint density at radius 3 is 2.21 bits per heavy atom. The molecule has 2 amide bonds. The molecule has 0 aliphatic carbocycles. The van der Waals surface area contributed by atoms with Gasteiger partial charge in [-0.15, -0.1) is 46.9 Å². The summed E-state index contributed by atoms with van der Waals surface area (Å²) < 4.78 is 0. The second kappa shape index (κ2) is 12.6. The van der Waals surface area contributed by atoms with E-state index in [1.165, 1.54) is 11.8 Å². The van der Waals surface area contributed by atoms with Crippen LogP contribution in [0, 0.1) is 0 Å². The van der Waals surface area contributed by atoms with Gasteiger partial charge in [-0.25, -0.2) is 4.98 Å². The number of nitrogens with one attached hydrogen (secondary N) is 1. The summed E-state index contributed by atoms with van der Waals surface area (Å²) in [6.07, 6.45) is 0. The molecule has 0 saturated carbocycles. The zero-order valence-corrected chi connectivity index (χ0v) is 24.6. The molecule has 0 bridgehead atoms. The third-order valence-corrected chi connectivity index (χ3v) is 10.1. The molecular formula is C27H22Cl3N3O2S3. The Morgan fingerprint density at radius 1 is 1.03 bits per heavy atom. The summed E-state index contributed by atoms with van der Waals surface area (Å²) in [4.78, 5) is 34.0. The lowest BCUT2D eigenvalue weighted by atomic mass is 9.85. The molecule has 2 atom stereocenters. The summed E-state index contributed by atoms with van der Waals surface area (Å²) in [6.45, 7) is 0. The summed E-state index contributed by atoms with van der Waals surface area (Å²) in [5.74, 6) is 0.363. The van der Waals surface area contributed by atoms with Crippen LogP contribution in [0.25, 0.3) is 0 Å². The number of fused-ring (bicyclic) bond motifs is 1. The highest BCUT2D eigenvalue weighted by atomic mass is 35.5. The second-order valence-corrected chi connectivity index (χ2v) is 13.1. The Morgan fingerprint density at radius 2 is 1.63 bits per heavy atom. The van der Waals surface area contributed by atoms with Crippen molar-refractivity contribution in [1.82, 2.24) is 15.2 Å². The van der Waals surface area contributed by atoms with Crippen LogP contribution in [0.5, 0.6) is 0 Å². The Labute approximate surface area is 249 Å². The molecule has 0 radical (unpaired) electrons. The highest BCUT2D eigenvalue weighted by molar-refractivity contribution is 8.07. The molecular weight excluding hydrogens is 601 g/mol. The summed E-state index contributed by atoms with van der Waals surface area (Å²) in [7, 11) is 0. The third-order valence-electron chi connectivity index (χ3n) is 6.16. The number of thioether (sulfide) groups is 3. The van der Waals surface area contributed by atoms with Gasteiger partial charge in [0.15, 0.2) is 0 Å². The van der Waals surface area contributed by atoms with Gasteiger partial charge in [-0.05, 0) is 23.3 Å². The average Bonchev–Trinajstić information content (AvgIpc) is 2.92. The van der Waals surface area contributed by atoms with Gasteiger partial charge in [0, 0.05) is 21.3 Å². The van der Waals surface area contributed by atoms with Gasteiger partial charge in [-0.1, -0.05) is 83.9 Å². The van der Waals surface area contributed by atoms with Gasteiger partial charge in [0.25, 0.3) is 5.91 Å². The van der Waals surface area contributed by atoms with Crippen LogP contribution in [0.1, 0.15) is 17.0 Å². The maximum atomic E-state index is 13.6. The van der Waals surface area contributed by atoms with Gasteiger partial charge in [-0.2, -0.15) is 0 Å². The SMILES string of the molecule is O=C(CSc1cc(Cl)nc(Cl)c1)N[C@@H]1C(=O)N2C(C(c3ccccc3)c3ccccc3)=C(SCCl)CS[C@H]12. The molecule has 1 aromatic heterocycles. The predicted molar refractivity (Wildman–Crippen MR) is 160 cm³/mol. The Balaban J connectivity index is 1.38. The molecule has 3 heterocycles. The Hall–Kier alpha value is -1.81. The number of alkyl halides is 1. The minimum Gasteiger partial charge on any atom is -0.341 e. The number of allylic oxidation sites excluding steroid dienone is 1. The first kappa shape index (κ1) is 27.7. The normalized spacial score (nSPS) is 18.8. The molecule has 2 aromatic carbocycles. The minimum atomic E-state index is -0.595. The fourth-order valence-electron chi connectivity index (χ4n) is 4.56. The number of carbonyl (C=O) groups excluding carboxylic acids is 2. The zero-order valence-electron chi connectivity index (χ0n) is 19.9. The lowest BCUT2D eigenvalue weighted by Crippen LogP contribution is -2.70. The van der Waals surface area contributed by atoms with Crippen molar-refractivity contribution in [2.75, 3.05) is 16.7 Å². The molecule has 0 spiro atoms. The number of nitrogens with zero attached hydrogens (tertiary/aromatic N) is 2. The highest BCUT2D eigenvalue weighted by Gasteiger charge is 2.54. The zero-order chi connectivity index (χ0) is 26.6. The molecule has 1 fully saturated rings. The Kier molecular flexibility index (Phi) is 9.18. The van der Waals surface area contributed by atoms with E-state index in [-0.39, 0.29) is 39.2 Å². The van der Waals surface area contributed by atoms with Crippen LogP contribution in [0.2, 0.25) is 10.3 Å². The molecule has 196 valence electrons. The number of amides is 2. The van der Waals surface area contributed by atoms with Crippen LogP contribution in [-0.4, -0.2) is 49.8 Å². The van der Waals surface area contributed by atoms with E-state index in [4.69, 9.17) is 34.8 Å². The van der Waals surface area contributed by atoms with Crippen molar-refractivity contribution in [1.29, 1.82) is 0 Å². The quantitative estimate of drug-likeness (QED) is 0.122. The fraction of sp³-hybridized carbons (Fsp3) is 0.222. The van der Waals surface area contributed by atoms with E-state index >= 15 is 0 Å². The number of aromatic nitrogens is 1. The van der Waals surface area contributed by atoms with Crippen molar-refractivity contribution in [2.45, 2.75) is 22.2 Å². The van der Waals surface area contributed by atoms with Crippen LogP contribution >= 0.6 is 70.1 Å². The first-order valence-corrected chi connectivity index (χ1v) is 16.0. The summed E-state index contributed by atoms with van der Waals surface area (Å²) in [5.41, 5.74) is 3.14. The molecule has 11 heteroatoms. The number of benzene rings is 2. The molecule has 1 saturated heterocycles. The summed E-state index contributed by atoms with van der Waals surface area (Å²) >= 11 is 22.6. The fourth-order valence-corrected chi connectivity index (χ4v) is 8.57. The van der Waals surface area contributed by atoms with Gasteiger partial charge in [0.2, 0.25) is 5.91 Å². The predicted octanol–water partition coefficient (Wildman–Crippen LogP) is 6.85. The second-order valence-electron chi connectivity index (χ2n) is 8.51. The van der Waals surface area contributed by atoms with Gasteiger partial charge in [0.1, 0.15) is 21.7 Å². The molecule has 0 unspecified atom stereocenters. The van der Waals surface area contributed by atoms with Crippen molar-refractivity contribution < 1.29 is 9.59 Å². The number of rotatable bonds is 9. The van der Waals surface area contributed by atoms with Crippen LogP contribution in [0.4, 0.5) is 0 Å². The topological polar surface area (TPSA) is 62.3 Å². The molecule has 5 rings (SSSR count). The first-order valence-electron chi connectivity index (χ1n) is 11.7. The lowest BCUT2D eigenvalue weighted by Gasteiger charge is -2.52. The highest BCUT2D eigenvalue weighted by Crippen LogP contribution is 2.49. The van der Waals surface area contributed by atoms with Crippen LogP contribution < -0.4 is 5.32 Å². The van der Waals surface area contributed by atoms with E-state index in [9.17, 15) is 9.59 Å². The van der Waals surface area contributed by atoms with Gasteiger partial charge >= 0.3 is 0 Å². The molecule has 5 nitrogen and oxygen atoms in total. The van der Waals surface area contributed by atoms with E-state index in [2.05, 4.69) is 34.6 Å². The standard InChI is InChI=1S/C27H22Cl3N3O2S3/c28-15-38-19-13-37-27-24(32-22(34)14-36-18-11-20(29)31-21(30)12-18)26(35)33(27)25(19)23(16-7-3-1-4-8-16)17-9-5-2-6-10-17/h1-12,23-24,27H,13-15H2,(H,32,34)/t24-,27-/m1/s1. The number of hydrogen-bond acceptors (Lipinski definition) is 6. The molecule has 3 aromatic rings. The van der Waals surface area contributed by atoms with Crippen molar-refractivity contribution in [3.8, 4) is 0 Å². The first-order chi connectivity index (χ1) is 18.5. The van der Waals surface area contributed by atoms with Crippen LogP contribution in [0.15, 0.2) is 88.3 Å².